The molecule has 0 spiro atoms. The minimum atomic E-state index is -1.14. The van der Waals surface area contributed by atoms with Crippen molar-refractivity contribution in [2.24, 2.45) is 16.1 Å². The van der Waals surface area contributed by atoms with Gasteiger partial charge in [-0.25, -0.2) is 4.79 Å². The zero-order valence-corrected chi connectivity index (χ0v) is 11.9. The number of nitrogens with two attached hydrogens (primary N) is 1. The van der Waals surface area contributed by atoms with E-state index in [2.05, 4.69) is 15.7 Å². The normalized spacial score (nSPS) is 13.2. The molecule has 0 saturated heterocycles. The fourth-order valence-electron chi connectivity index (χ4n) is 1.73. The summed E-state index contributed by atoms with van der Waals surface area (Å²) in [5.74, 6) is -1.67. The van der Waals surface area contributed by atoms with Crippen LogP contribution in [0.25, 0.3) is 0 Å². The first-order valence-corrected chi connectivity index (χ1v) is 6.90. The van der Waals surface area contributed by atoms with Gasteiger partial charge in [-0.05, 0) is 38.5 Å². The summed E-state index contributed by atoms with van der Waals surface area (Å²) in [6, 6.07) is -1.83. The first kappa shape index (κ1) is 19.1. The molecule has 0 aromatic rings. The molecule has 21 heavy (non-hydrogen) atoms. The van der Waals surface area contributed by atoms with E-state index in [1.54, 1.807) is 0 Å². The zero-order valence-electron chi connectivity index (χ0n) is 11.9. The number of nitrogens with one attached hydrogen (secondary N) is 1. The van der Waals surface area contributed by atoms with Crippen LogP contribution in [-0.4, -0.2) is 42.2 Å². The number of nitrogens with zero attached hydrogens (tertiary/aromatic N) is 2. The lowest BCUT2D eigenvalue weighted by molar-refractivity contribution is -0.142. The molecule has 1 amide bonds. The molecule has 4 N–H and O–H groups in total. The van der Waals surface area contributed by atoms with Gasteiger partial charge in [0, 0.05) is 0 Å². The van der Waals surface area contributed by atoms with Crippen molar-refractivity contribution in [1.82, 2.24) is 5.32 Å². The highest BCUT2D eigenvalue weighted by Gasteiger charge is 2.22. The van der Waals surface area contributed by atoms with Crippen LogP contribution in [0.15, 0.2) is 10.4 Å². The molecule has 2 atom stereocenters. The van der Waals surface area contributed by atoms with Gasteiger partial charge in [-0.3, -0.25) is 4.79 Å². The lowest BCUT2D eigenvalue weighted by atomic mass is 10.1. The van der Waals surface area contributed by atoms with E-state index < -0.39 is 24.0 Å². The molecule has 120 valence electrons. The van der Waals surface area contributed by atoms with E-state index in [1.165, 1.54) is 0 Å². The van der Waals surface area contributed by atoms with Crippen molar-refractivity contribution < 1.29 is 14.7 Å². The summed E-state index contributed by atoms with van der Waals surface area (Å²) in [6.07, 6.45) is 2.66. The van der Waals surface area contributed by atoms with Gasteiger partial charge in [-0.2, -0.15) is 9.81 Å². The Morgan fingerprint density at radius 2 is 1.52 bits per heavy atom. The van der Waals surface area contributed by atoms with E-state index in [4.69, 9.17) is 10.8 Å². The minimum absolute atomic E-state index is 0.130. The highest BCUT2D eigenvalue weighted by atomic mass is 16.4. The molecule has 0 aliphatic carbocycles. The Morgan fingerprint density at radius 1 is 1.00 bits per heavy atom. The smallest absolute Gasteiger partial charge is 0.326 e. The number of carbonyl (C=O) groups is 2. The molecule has 0 aliphatic heterocycles. The number of nitroso groups, excluding NO2 is 2. The van der Waals surface area contributed by atoms with Gasteiger partial charge in [0.25, 0.3) is 0 Å². The van der Waals surface area contributed by atoms with E-state index >= 15 is 0 Å². The van der Waals surface area contributed by atoms with E-state index in [0.29, 0.717) is 32.1 Å². The van der Waals surface area contributed by atoms with Crippen molar-refractivity contribution in [3.05, 3.63) is 9.81 Å². The van der Waals surface area contributed by atoms with Gasteiger partial charge in [0.15, 0.2) is 0 Å². The van der Waals surface area contributed by atoms with E-state index in [9.17, 15) is 19.4 Å². The molecule has 9 heteroatoms. The Morgan fingerprint density at radius 3 is 2.00 bits per heavy atom. The van der Waals surface area contributed by atoms with Crippen LogP contribution in [-0.2, 0) is 9.59 Å². The van der Waals surface area contributed by atoms with E-state index in [0.717, 1.165) is 0 Å². The summed E-state index contributed by atoms with van der Waals surface area (Å²) in [5, 5.41) is 16.8. The maximum Gasteiger partial charge on any atom is 0.326 e. The largest absolute Gasteiger partial charge is 0.480 e. The zero-order chi connectivity index (χ0) is 16.1. The average Bonchev–Trinajstić information content (AvgIpc) is 2.46. The van der Waals surface area contributed by atoms with Gasteiger partial charge in [0.1, 0.15) is 6.04 Å². The number of carbonyl (C=O) groups excluding carboxylic acids is 1. The van der Waals surface area contributed by atoms with Gasteiger partial charge < -0.3 is 16.2 Å². The Balaban J connectivity index is 4.10. The van der Waals surface area contributed by atoms with Crippen molar-refractivity contribution in [3.8, 4) is 0 Å². The number of amides is 1. The standard InChI is InChI=1S/C12H22N4O5/c13-9(5-1-3-7-14-20)11(17)16-10(12(18)19)6-2-4-8-15-21/h9-10H,1-8,13H2,(H,16,17)(H,18,19)/t9-,10-/m1/s1. The predicted octanol–water partition coefficient (Wildman–Crippen LogP) is 0.756. The van der Waals surface area contributed by atoms with Gasteiger partial charge in [-0.15, -0.1) is 0 Å². The Hall–Kier alpha value is -1.90. The van der Waals surface area contributed by atoms with Gasteiger partial charge in [-0.1, -0.05) is 10.4 Å². The van der Waals surface area contributed by atoms with Crippen molar-refractivity contribution in [2.75, 3.05) is 13.1 Å². The van der Waals surface area contributed by atoms with Crippen LogP contribution < -0.4 is 11.1 Å². The Labute approximate surface area is 122 Å². The molecule has 0 saturated carbocycles. The van der Waals surface area contributed by atoms with Crippen LogP contribution in [0, 0.1) is 9.81 Å². The lowest BCUT2D eigenvalue weighted by Gasteiger charge is -2.17. The number of aliphatic carboxylic acids is 1. The second-order valence-electron chi connectivity index (χ2n) is 4.70. The lowest BCUT2D eigenvalue weighted by Crippen LogP contribution is -2.48. The monoisotopic (exact) mass is 302 g/mol. The highest BCUT2D eigenvalue weighted by Crippen LogP contribution is 2.04. The van der Waals surface area contributed by atoms with Crippen LogP contribution in [0.3, 0.4) is 0 Å². The molecule has 0 unspecified atom stereocenters. The number of carboxylic acid groups (broad SMARTS) is 1. The topological polar surface area (TPSA) is 151 Å². The van der Waals surface area contributed by atoms with E-state index in [1.807, 2.05) is 0 Å². The Kier molecular flexibility index (Phi) is 10.8. The first-order chi connectivity index (χ1) is 10.0. The van der Waals surface area contributed by atoms with Crippen molar-refractivity contribution in [3.63, 3.8) is 0 Å². The second kappa shape index (κ2) is 11.9. The summed E-state index contributed by atoms with van der Waals surface area (Å²) < 4.78 is 0. The molecular formula is C12H22N4O5. The summed E-state index contributed by atoms with van der Waals surface area (Å²) in [7, 11) is 0. The molecular weight excluding hydrogens is 280 g/mol. The van der Waals surface area contributed by atoms with Crippen LogP contribution >= 0.6 is 0 Å². The molecule has 0 fully saturated rings. The van der Waals surface area contributed by atoms with E-state index in [-0.39, 0.29) is 19.5 Å². The van der Waals surface area contributed by atoms with Crippen LogP contribution in [0.2, 0.25) is 0 Å². The summed E-state index contributed by atoms with van der Waals surface area (Å²) in [5.41, 5.74) is 5.65. The number of hydrogen-bond acceptors (Lipinski definition) is 7. The molecule has 9 nitrogen and oxygen atoms in total. The first-order valence-electron chi connectivity index (χ1n) is 6.90. The molecule has 0 aromatic heterocycles. The summed E-state index contributed by atoms with van der Waals surface area (Å²) >= 11 is 0. The van der Waals surface area contributed by atoms with Crippen LogP contribution in [0.1, 0.15) is 38.5 Å². The van der Waals surface area contributed by atoms with Crippen LogP contribution in [0.4, 0.5) is 0 Å². The summed E-state index contributed by atoms with van der Waals surface area (Å²) in [4.78, 5) is 42.6. The third-order valence-electron chi connectivity index (χ3n) is 2.96. The predicted molar refractivity (Wildman–Crippen MR) is 76.6 cm³/mol. The van der Waals surface area contributed by atoms with Crippen molar-refractivity contribution in [2.45, 2.75) is 50.6 Å². The molecule has 0 bridgehead atoms. The quantitative estimate of drug-likeness (QED) is 0.337. The third-order valence-corrected chi connectivity index (χ3v) is 2.96. The van der Waals surface area contributed by atoms with Gasteiger partial charge in [0.2, 0.25) is 5.91 Å². The van der Waals surface area contributed by atoms with Gasteiger partial charge >= 0.3 is 5.97 Å². The minimum Gasteiger partial charge on any atom is -0.480 e. The maximum absolute atomic E-state index is 11.8. The fourth-order valence-corrected chi connectivity index (χ4v) is 1.73. The molecule has 0 heterocycles. The second-order valence-corrected chi connectivity index (χ2v) is 4.70. The number of rotatable bonds is 13. The maximum atomic E-state index is 11.8. The number of unbranched alkanes of at least 4 members (excludes halogenated alkanes) is 2. The molecule has 0 rings (SSSR count). The average molecular weight is 302 g/mol. The molecule has 0 aromatic carbocycles. The summed E-state index contributed by atoms with van der Waals surface area (Å²) in [6.45, 7) is 0.307. The fraction of sp³-hybridized carbons (Fsp3) is 0.833. The SMILES string of the molecule is N[C@H](CCCCN=O)C(=O)N[C@H](CCCCN=O)C(=O)O. The highest BCUT2D eigenvalue weighted by molar-refractivity contribution is 5.86. The molecule has 0 radical (unpaired) electrons. The Bertz CT molecular complexity index is 351. The van der Waals surface area contributed by atoms with Gasteiger partial charge in [0.05, 0.1) is 19.1 Å². The van der Waals surface area contributed by atoms with Crippen LogP contribution in [0.5, 0.6) is 0 Å². The van der Waals surface area contributed by atoms with Crippen molar-refractivity contribution in [1.29, 1.82) is 0 Å². The molecule has 0 aliphatic rings. The third kappa shape index (κ3) is 9.61. The number of hydrogen-bond donors (Lipinski definition) is 3. The number of carboxylic acids is 1. The van der Waals surface area contributed by atoms with Crippen molar-refractivity contribution >= 4 is 11.9 Å².